The first-order valence-corrected chi connectivity index (χ1v) is 10.5. The molecule has 0 unspecified atom stereocenters. The van der Waals surface area contributed by atoms with E-state index < -0.39 is 23.1 Å². The summed E-state index contributed by atoms with van der Waals surface area (Å²) in [6.07, 6.45) is 8.91. The van der Waals surface area contributed by atoms with Crippen LogP contribution in [0.3, 0.4) is 0 Å². The summed E-state index contributed by atoms with van der Waals surface area (Å²) in [6.45, 7) is 1.76. The smallest absolute Gasteiger partial charge is 0.342 e. The maximum Gasteiger partial charge on any atom is 0.342 e. The molecule has 2 saturated carbocycles. The van der Waals surface area contributed by atoms with Crippen LogP contribution in [-0.2, 0) is 28.5 Å². The van der Waals surface area contributed by atoms with Gasteiger partial charge in [-0.1, -0.05) is 6.42 Å². The van der Waals surface area contributed by atoms with E-state index in [9.17, 15) is 4.79 Å². The van der Waals surface area contributed by atoms with Gasteiger partial charge in [-0.3, -0.25) is 0 Å². The van der Waals surface area contributed by atoms with Crippen molar-refractivity contribution in [3.05, 3.63) is 0 Å². The molecule has 0 radical (unpaired) electrons. The van der Waals surface area contributed by atoms with Crippen molar-refractivity contribution in [3.63, 3.8) is 0 Å². The second kappa shape index (κ2) is 5.43. The van der Waals surface area contributed by atoms with Gasteiger partial charge in [-0.2, -0.15) is 0 Å². The Morgan fingerprint density at radius 1 is 0.846 bits per heavy atom. The number of fused-ring (bicyclic) bond motifs is 1. The van der Waals surface area contributed by atoms with Crippen LogP contribution in [0.15, 0.2) is 0 Å². The van der Waals surface area contributed by atoms with E-state index in [1.54, 1.807) is 0 Å². The molecule has 26 heavy (non-hydrogen) atoms. The highest BCUT2D eigenvalue weighted by Gasteiger charge is 2.87. The van der Waals surface area contributed by atoms with Crippen LogP contribution in [0.1, 0.15) is 57.8 Å². The molecule has 6 atom stereocenters. The number of hydrogen-bond donors (Lipinski definition) is 0. The van der Waals surface area contributed by atoms with Crippen molar-refractivity contribution in [2.45, 2.75) is 87.0 Å². The Bertz CT molecular complexity index is 615. The molecule has 6 rings (SSSR count). The summed E-state index contributed by atoms with van der Waals surface area (Å²) < 4.78 is 31.2. The Morgan fingerprint density at radius 3 is 2.46 bits per heavy atom. The predicted octanol–water partition coefficient (Wildman–Crippen LogP) is 2.33. The number of carbonyl (C=O) groups is 1. The SMILES string of the molecule is O=C1O[C@H]([C@@H]2COC3(CCCCC3)O2)[C@]23OCCC[C@H]2[C@H]2CCCO[C@]123. The normalized spacial score (nSPS) is 51.9. The van der Waals surface area contributed by atoms with Crippen molar-refractivity contribution in [3.8, 4) is 0 Å². The average molecular weight is 364 g/mol. The van der Waals surface area contributed by atoms with Crippen LogP contribution in [0.25, 0.3) is 0 Å². The van der Waals surface area contributed by atoms with Gasteiger partial charge >= 0.3 is 5.97 Å². The van der Waals surface area contributed by atoms with E-state index in [0.29, 0.717) is 25.7 Å². The fourth-order valence-electron chi connectivity index (χ4n) is 6.98. The van der Waals surface area contributed by atoms with Crippen LogP contribution in [0, 0.1) is 11.8 Å². The third kappa shape index (κ3) is 1.75. The molecule has 2 aliphatic carbocycles. The van der Waals surface area contributed by atoms with Crippen LogP contribution in [-0.4, -0.2) is 55.0 Å². The first-order chi connectivity index (χ1) is 12.7. The summed E-state index contributed by atoms with van der Waals surface area (Å²) >= 11 is 0. The van der Waals surface area contributed by atoms with E-state index in [4.69, 9.17) is 23.7 Å². The summed E-state index contributed by atoms with van der Waals surface area (Å²) in [4.78, 5) is 13.1. The van der Waals surface area contributed by atoms with E-state index in [2.05, 4.69) is 0 Å². The molecular formula is C20H28O6. The maximum atomic E-state index is 13.1. The van der Waals surface area contributed by atoms with E-state index in [-0.39, 0.29) is 18.0 Å². The minimum Gasteiger partial charge on any atom is -0.454 e. The Morgan fingerprint density at radius 2 is 1.62 bits per heavy atom. The summed E-state index contributed by atoms with van der Waals surface area (Å²) in [6, 6.07) is 0. The number of esters is 1. The molecule has 6 aliphatic rings. The molecule has 6 nitrogen and oxygen atoms in total. The monoisotopic (exact) mass is 364 g/mol. The zero-order valence-electron chi connectivity index (χ0n) is 15.2. The van der Waals surface area contributed by atoms with Crippen molar-refractivity contribution in [2.75, 3.05) is 19.8 Å². The summed E-state index contributed by atoms with van der Waals surface area (Å²) in [7, 11) is 0. The van der Waals surface area contributed by atoms with Gasteiger partial charge in [0.15, 0.2) is 17.5 Å². The number of rotatable bonds is 1. The van der Waals surface area contributed by atoms with E-state index in [1.807, 2.05) is 0 Å². The molecule has 0 N–H and O–H groups in total. The van der Waals surface area contributed by atoms with Crippen LogP contribution >= 0.6 is 0 Å². The largest absolute Gasteiger partial charge is 0.454 e. The summed E-state index contributed by atoms with van der Waals surface area (Å²) in [5.74, 6) is -0.124. The first kappa shape index (κ1) is 16.3. The minimum absolute atomic E-state index is 0.224. The fourth-order valence-corrected chi connectivity index (χ4v) is 6.98. The Balaban J connectivity index is 1.34. The third-order valence-electron chi connectivity index (χ3n) is 7.92. The van der Waals surface area contributed by atoms with E-state index in [1.165, 1.54) is 6.42 Å². The van der Waals surface area contributed by atoms with Gasteiger partial charge in [-0.15, -0.1) is 0 Å². The summed E-state index contributed by atoms with van der Waals surface area (Å²) in [5, 5.41) is 0. The number of cyclic esters (lactones) is 1. The van der Waals surface area contributed by atoms with Crippen molar-refractivity contribution in [2.24, 2.45) is 11.8 Å². The molecule has 4 aliphatic heterocycles. The molecule has 3 spiro atoms. The van der Waals surface area contributed by atoms with Gasteiger partial charge in [0.05, 0.1) is 6.61 Å². The zero-order chi connectivity index (χ0) is 17.4. The lowest BCUT2D eigenvalue weighted by Gasteiger charge is -2.66. The number of carbonyl (C=O) groups excluding carboxylic acids is 1. The highest BCUT2D eigenvalue weighted by atomic mass is 16.8. The van der Waals surface area contributed by atoms with Gasteiger partial charge in [0.25, 0.3) is 0 Å². The van der Waals surface area contributed by atoms with Gasteiger partial charge in [0, 0.05) is 37.9 Å². The van der Waals surface area contributed by atoms with Gasteiger partial charge < -0.3 is 23.7 Å². The van der Waals surface area contributed by atoms with Crippen LogP contribution in [0.2, 0.25) is 0 Å². The predicted molar refractivity (Wildman–Crippen MR) is 89.3 cm³/mol. The van der Waals surface area contributed by atoms with Gasteiger partial charge in [-0.25, -0.2) is 4.79 Å². The number of hydrogen-bond acceptors (Lipinski definition) is 6. The number of ether oxygens (including phenoxy) is 5. The second-order valence-corrected chi connectivity index (χ2v) is 8.99. The molecule has 6 heteroatoms. The van der Waals surface area contributed by atoms with Crippen molar-refractivity contribution >= 4 is 5.97 Å². The third-order valence-corrected chi connectivity index (χ3v) is 7.92. The van der Waals surface area contributed by atoms with Crippen molar-refractivity contribution in [1.29, 1.82) is 0 Å². The lowest BCUT2D eigenvalue weighted by Crippen LogP contribution is -2.82. The standard InChI is InChI=1S/C20H28O6/c21-17-20-14(7-5-11-23-20)13-6-4-10-22-19(13,20)16(25-17)15-12-24-18(26-15)8-2-1-3-9-18/h13-16H,1-12H2/t13-,14+,15-,16+,19+,20-/m0/s1. The Labute approximate surface area is 153 Å². The van der Waals surface area contributed by atoms with Crippen LogP contribution < -0.4 is 0 Å². The first-order valence-electron chi connectivity index (χ1n) is 10.5. The van der Waals surface area contributed by atoms with Gasteiger partial charge in [0.2, 0.25) is 5.60 Å². The minimum atomic E-state index is -0.896. The van der Waals surface area contributed by atoms with E-state index in [0.717, 1.165) is 51.4 Å². The molecule has 0 aromatic carbocycles. The zero-order valence-corrected chi connectivity index (χ0v) is 15.2. The lowest BCUT2D eigenvalue weighted by molar-refractivity contribution is -0.351. The Hall–Kier alpha value is -0.690. The molecule has 0 amide bonds. The molecule has 4 heterocycles. The quantitative estimate of drug-likeness (QED) is 0.666. The van der Waals surface area contributed by atoms with Gasteiger partial charge in [0.1, 0.15) is 6.10 Å². The van der Waals surface area contributed by atoms with Crippen LogP contribution in [0.4, 0.5) is 0 Å². The maximum absolute atomic E-state index is 13.1. The molecule has 144 valence electrons. The van der Waals surface area contributed by atoms with Crippen LogP contribution in [0.5, 0.6) is 0 Å². The highest BCUT2D eigenvalue weighted by molar-refractivity contribution is 5.88. The summed E-state index contributed by atoms with van der Waals surface area (Å²) in [5.41, 5.74) is -1.56. The molecule has 4 saturated heterocycles. The van der Waals surface area contributed by atoms with Crippen molar-refractivity contribution in [1.82, 2.24) is 0 Å². The van der Waals surface area contributed by atoms with Gasteiger partial charge in [-0.05, 0) is 38.5 Å². The topological polar surface area (TPSA) is 63.2 Å². The molecule has 6 fully saturated rings. The average Bonchev–Trinajstić information content (AvgIpc) is 3.13. The lowest BCUT2D eigenvalue weighted by atomic mass is 9.45. The molecule has 0 aromatic rings. The second-order valence-electron chi connectivity index (χ2n) is 8.99. The molecule has 0 aromatic heterocycles. The van der Waals surface area contributed by atoms with Crippen molar-refractivity contribution < 1.29 is 28.5 Å². The van der Waals surface area contributed by atoms with E-state index >= 15 is 0 Å². The molecule has 0 bridgehead atoms. The Kier molecular flexibility index (Phi) is 3.40. The fraction of sp³-hybridized carbons (Fsp3) is 0.950. The molecular weight excluding hydrogens is 336 g/mol. The highest BCUT2D eigenvalue weighted by Crippen LogP contribution is 2.69.